The zero-order valence-corrected chi connectivity index (χ0v) is 29.5. The van der Waals surface area contributed by atoms with Gasteiger partial charge in [0, 0.05) is 56.5 Å². The van der Waals surface area contributed by atoms with Crippen molar-refractivity contribution < 1.29 is 19.0 Å². The molecular formula is C35H43ClN4O5Si. The van der Waals surface area contributed by atoms with Crippen LogP contribution >= 0.6 is 11.6 Å². The smallest absolute Gasteiger partial charge is 0.410 e. The second kappa shape index (κ2) is 12.2. The summed E-state index contributed by atoms with van der Waals surface area (Å²) in [4.78, 5) is 35.5. The highest BCUT2D eigenvalue weighted by molar-refractivity contribution is 6.76. The van der Waals surface area contributed by atoms with Crippen LogP contribution in [0.5, 0.6) is 5.75 Å². The molecule has 2 aromatic carbocycles. The average Bonchev–Trinajstić information content (AvgIpc) is 2.98. The predicted octanol–water partition coefficient (Wildman–Crippen LogP) is 7.31. The molecule has 1 amide bonds. The lowest BCUT2D eigenvalue weighted by atomic mass is 9.93. The molecule has 2 aliphatic heterocycles. The Labute approximate surface area is 276 Å². The fourth-order valence-corrected chi connectivity index (χ4v) is 7.22. The van der Waals surface area contributed by atoms with E-state index in [0.717, 1.165) is 44.7 Å². The molecule has 0 unspecified atom stereocenters. The third-order valence-corrected chi connectivity index (χ3v) is 10.6. The quantitative estimate of drug-likeness (QED) is 0.158. The van der Waals surface area contributed by atoms with Gasteiger partial charge in [-0.15, -0.1) is 0 Å². The summed E-state index contributed by atoms with van der Waals surface area (Å²) in [5.74, 6) is 0.691. The van der Waals surface area contributed by atoms with E-state index in [4.69, 9.17) is 30.8 Å². The normalized spacial score (nSPS) is 16.7. The van der Waals surface area contributed by atoms with Crippen LogP contribution < -0.4 is 15.2 Å². The van der Waals surface area contributed by atoms with E-state index in [1.165, 1.54) is 0 Å². The minimum atomic E-state index is -1.24. The van der Waals surface area contributed by atoms with E-state index in [9.17, 15) is 9.59 Å². The van der Waals surface area contributed by atoms with E-state index >= 15 is 0 Å². The number of pyridine rings is 2. The molecule has 11 heteroatoms. The molecule has 0 radical (unpaired) electrons. The van der Waals surface area contributed by atoms with E-state index in [-0.39, 0.29) is 24.4 Å². The molecule has 6 rings (SSSR count). The summed E-state index contributed by atoms with van der Waals surface area (Å²) in [5, 5.41) is 2.84. The average molecular weight is 663 g/mol. The highest BCUT2D eigenvalue weighted by Gasteiger charge is 2.37. The molecule has 1 saturated heterocycles. The number of nitrogens with zero attached hydrogens (tertiary/aromatic N) is 4. The van der Waals surface area contributed by atoms with Crippen LogP contribution in [0.1, 0.15) is 26.3 Å². The number of benzene rings is 2. The van der Waals surface area contributed by atoms with E-state index < -0.39 is 13.7 Å². The van der Waals surface area contributed by atoms with E-state index in [2.05, 4.69) is 24.5 Å². The van der Waals surface area contributed by atoms with Crippen LogP contribution in [-0.4, -0.2) is 73.1 Å². The molecule has 4 aromatic rings. The molecule has 0 saturated carbocycles. The summed E-state index contributed by atoms with van der Waals surface area (Å²) in [6.45, 7) is 17.5. The lowest BCUT2D eigenvalue weighted by Gasteiger charge is -2.45. The predicted molar refractivity (Wildman–Crippen MR) is 187 cm³/mol. The van der Waals surface area contributed by atoms with Crippen LogP contribution in [0.15, 0.2) is 47.5 Å². The highest BCUT2D eigenvalue weighted by atomic mass is 35.5. The summed E-state index contributed by atoms with van der Waals surface area (Å²) in [5.41, 5.74) is 3.50. The van der Waals surface area contributed by atoms with Crippen LogP contribution in [0.4, 0.5) is 10.5 Å². The Bertz CT molecular complexity index is 1880. The lowest BCUT2D eigenvalue weighted by molar-refractivity contribution is 0.0195. The molecule has 0 spiro atoms. The SMILES string of the molecule is Cc1ccc2ccn(COCC[Si](C)(C)C)c(=O)c2c1-c1cc2ncc3c(c2cc1Cl)N1CCN(C(=O)OC(C)(C)C)C[C@@H]1CO3. The van der Waals surface area contributed by atoms with Gasteiger partial charge in [-0.05, 0) is 68.5 Å². The third kappa shape index (κ3) is 6.48. The van der Waals surface area contributed by atoms with Gasteiger partial charge in [0.15, 0.2) is 5.75 Å². The van der Waals surface area contributed by atoms with Gasteiger partial charge < -0.3 is 24.0 Å². The van der Waals surface area contributed by atoms with Gasteiger partial charge in [0.25, 0.3) is 5.56 Å². The monoisotopic (exact) mass is 662 g/mol. The number of carbonyl (C=O) groups excluding carboxylic acids is 1. The first kappa shape index (κ1) is 32.3. The molecule has 2 aliphatic rings. The molecule has 1 fully saturated rings. The summed E-state index contributed by atoms with van der Waals surface area (Å²) >= 11 is 7.10. The summed E-state index contributed by atoms with van der Waals surface area (Å²) < 4.78 is 19.4. The number of hydrogen-bond acceptors (Lipinski definition) is 7. The lowest BCUT2D eigenvalue weighted by Crippen LogP contribution is -2.59. The molecule has 2 aromatic heterocycles. The van der Waals surface area contributed by atoms with Crippen molar-refractivity contribution in [2.45, 2.75) is 71.8 Å². The number of anilines is 1. The maximum absolute atomic E-state index is 13.9. The molecule has 9 nitrogen and oxygen atoms in total. The second-order valence-electron chi connectivity index (χ2n) is 14.6. The minimum Gasteiger partial charge on any atom is -0.488 e. The van der Waals surface area contributed by atoms with E-state index in [1.807, 2.05) is 58.0 Å². The van der Waals surface area contributed by atoms with Gasteiger partial charge in [-0.3, -0.25) is 14.3 Å². The number of halogens is 1. The molecular weight excluding hydrogens is 620 g/mol. The number of piperazine rings is 1. The van der Waals surface area contributed by atoms with Crippen LogP contribution in [-0.2, 0) is 16.2 Å². The highest BCUT2D eigenvalue weighted by Crippen LogP contribution is 2.44. The summed E-state index contributed by atoms with van der Waals surface area (Å²) in [7, 11) is -1.24. The van der Waals surface area contributed by atoms with Crippen molar-refractivity contribution in [2.24, 2.45) is 0 Å². The second-order valence-corrected chi connectivity index (χ2v) is 20.6. The Morgan fingerprint density at radius 1 is 1.15 bits per heavy atom. The van der Waals surface area contributed by atoms with Crippen LogP contribution in [0, 0.1) is 6.92 Å². The van der Waals surface area contributed by atoms with Crippen LogP contribution in [0.2, 0.25) is 30.7 Å². The van der Waals surface area contributed by atoms with Gasteiger partial charge in [-0.25, -0.2) is 4.79 Å². The topological polar surface area (TPSA) is 86.1 Å². The standard InChI is InChI=1S/C35H43ClN4O5Si/c1-22-8-9-23-10-11-39(21-43-14-15-46(5,6)7)33(41)31(23)30(22)25-17-28-26(16-27(25)36)32-29(18-37-28)44-20-24-19-38(12-13-40(24)32)34(42)45-35(2,3)4/h8-11,16-18,24H,12-15,19-21H2,1-7H3/t24-/m1/s1. The fraction of sp³-hybridized carbons (Fsp3) is 0.457. The number of carbonyl (C=O) groups is 1. The van der Waals surface area contributed by atoms with Crippen molar-refractivity contribution in [3.63, 3.8) is 0 Å². The van der Waals surface area contributed by atoms with Crippen molar-refractivity contribution in [3.05, 3.63) is 63.7 Å². The largest absolute Gasteiger partial charge is 0.488 e. The van der Waals surface area contributed by atoms with Gasteiger partial charge in [0.2, 0.25) is 0 Å². The van der Waals surface area contributed by atoms with E-state index in [1.54, 1.807) is 21.9 Å². The van der Waals surface area contributed by atoms with Crippen molar-refractivity contribution in [1.82, 2.24) is 14.5 Å². The Balaban J connectivity index is 1.36. The van der Waals surface area contributed by atoms with Crippen molar-refractivity contribution in [1.29, 1.82) is 0 Å². The molecule has 244 valence electrons. The zero-order valence-electron chi connectivity index (χ0n) is 27.8. The molecule has 4 heterocycles. The molecule has 0 N–H and O–H groups in total. The van der Waals surface area contributed by atoms with Gasteiger partial charge in [0.1, 0.15) is 18.9 Å². The Morgan fingerprint density at radius 2 is 1.93 bits per heavy atom. The first-order valence-corrected chi connectivity index (χ1v) is 20.0. The maximum Gasteiger partial charge on any atom is 0.410 e. The zero-order chi connectivity index (χ0) is 33.0. The van der Waals surface area contributed by atoms with Gasteiger partial charge >= 0.3 is 6.09 Å². The molecule has 46 heavy (non-hydrogen) atoms. The maximum atomic E-state index is 13.9. The third-order valence-electron chi connectivity index (χ3n) is 8.60. The molecule has 1 atom stereocenters. The van der Waals surface area contributed by atoms with Crippen molar-refractivity contribution in [2.75, 3.05) is 37.7 Å². The minimum absolute atomic E-state index is 0.0374. The summed E-state index contributed by atoms with van der Waals surface area (Å²) in [6, 6.07) is 10.9. The van der Waals surface area contributed by atoms with Gasteiger partial charge in [0.05, 0.1) is 28.8 Å². The van der Waals surface area contributed by atoms with Crippen molar-refractivity contribution in [3.8, 4) is 16.9 Å². The number of rotatable bonds is 6. The molecule has 0 bridgehead atoms. The first-order chi connectivity index (χ1) is 21.7. The van der Waals surface area contributed by atoms with E-state index in [0.29, 0.717) is 49.0 Å². The Kier molecular flexibility index (Phi) is 8.58. The number of aromatic nitrogens is 2. The number of amides is 1. The summed E-state index contributed by atoms with van der Waals surface area (Å²) in [6.07, 6.45) is 3.24. The van der Waals surface area contributed by atoms with Crippen molar-refractivity contribution >= 4 is 53.1 Å². The van der Waals surface area contributed by atoms with Gasteiger partial charge in [-0.1, -0.05) is 43.4 Å². The Hall–Kier alpha value is -3.60. The number of fused-ring (bicyclic) bond motifs is 6. The number of ether oxygens (including phenoxy) is 3. The Morgan fingerprint density at radius 3 is 2.67 bits per heavy atom. The fourth-order valence-electron chi connectivity index (χ4n) is 6.21. The van der Waals surface area contributed by atoms with Gasteiger partial charge in [-0.2, -0.15) is 0 Å². The number of aryl methyl sites for hydroxylation is 1. The molecule has 0 aliphatic carbocycles. The number of hydrogen-bond donors (Lipinski definition) is 0. The van der Waals surface area contributed by atoms with Crippen LogP contribution in [0.25, 0.3) is 32.8 Å². The first-order valence-electron chi connectivity index (χ1n) is 15.9. The van der Waals surface area contributed by atoms with Crippen LogP contribution in [0.3, 0.4) is 0 Å².